The molecule has 0 bridgehead atoms. The van der Waals surface area contributed by atoms with E-state index in [9.17, 15) is 13.2 Å². The third kappa shape index (κ3) is 3.72. The normalized spacial score (nSPS) is 20.6. The minimum atomic E-state index is -3.02. The molecule has 0 radical (unpaired) electrons. The first-order valence-corrected chi connectivity index (χ1v) is 8.72. The number of rotatable bonds is 5. The molecule has 1 aromatic heterocycles. The van der Waals surface area contributed by atoms with Gasteiger partial charge in [0.2, 0.25) is 0 Å². The molecule has 1 aromatic rings. The Kier molecular flexibility index (Phi) is 4.51. The Hall–Kier alpha value is -1.63. The number of sulfone groups is 1. The van der Waals surface area contributed by atoms with Crippen molar-refractivity contribution in [1.82, 2.24) is 4.98 Å². The molecule has 0 spiro atoms. The number of pyridine rings is 1. The van der Waals surface area contributed by atoms with Gasteiger partial charge in [0.1, 0.15) is 5.82 Å². The van der Waals surface area contributed by atoms with Gasteiger partial charge in [0.15, 0.2) is 9.84 Å². The number of carboxylic acid groups (broad SMARTS) is 1. The average Bonchev–Trinajstić information content (AvgIpc) is 2.74. The maximum absolute atomic E-state index is 11.8. The van der Waals surface area contributed by atoms with Crippen LogP contribution < -0.4 is 5.32 Å². The largest absolute Gasteiger partial charge is 0.478 e. The number of carbonyl (C=O) groups is 1. The van der Waals surface area contributed by atoms with E-state index in [1.54, 1.807) is 6.07 Å². The second kappa shape index (κ2) is 6.01. The molecule has 21 heavy (non-hydrogen) atoms. The van der Waals surface area contributed by atoms with Gasteiger partial charge >= 0.3 is 5.97 Å². The van der Waals surface area contributed by atoms with Gasteiger partial charge in [0.25, 0.3) is 0 Å². The van der Waals surface area contributed by atoms with Crippen LogP contribution in [0.1, 0.15) is 48.7 Å². The molecule has 7 heteroatoms. The maximum Gasteiger partial charge on any atom is 0.335 e. The van der Waals surface area contributed by atoms with Crippen LogP contribution in [0.25, 0.3) is 0 Å². The highest BCUT2D eigenvalue weighted by atomic mass is 32.2. The molecular weight excluding hydrogens is 292 g/mol. The predicted molar refractivity (Wildman–Crippen MR) is 80.6 cm³/mol. The zero-order chi connectivity index (χ0) is 15.6. The van der Waals surface area contributed by atoms with Crippen molar-refractivity contribution in [2.45, 2.75) is 37.9 Å². The van der Waals surface area contributed by atoms with E-state index in [1.165, 1.54) is 6.07 Å². The van der Waals surface area contributed by atoms with Crippen molar-refractivity contribution >= 4 is 21.6 Å². The SMILES string of the molecule is CC(C)c1cc(C(=O)O)cc(NCC2CCCS2(=O)=O)n1. The molecular formula is C14H20N2O4S. The summed E-state index contributed by atoms with van der Waals surface area (Å²) >= 11 is 0. The van der Waals surface area contributed by atoms with E-state index in [-0.39, 0.29) is 23.8 Å². The summed E-state index contributed by atoms with van der Waals surface area (Å²) < 4.78 is 23.6. The molecule has 1 fully saturated rings. The monoisotopic (exact) mass is 312 g/mol. The number of nitrogens with one attached hydrogen (secondary N) is 1. The van der Waals surface area contributed by atoms with Crippen molar-refractivity contribution in [2.75, 3.05) is 17.6 Å². The number of hydrogen-bond donors (Lipinski definition) is 2. The number of anilines is 1. The molecule has 2 heterocycles. The summed E-state index contributed by atoms with van der Waals surface area (Å²) in [6.07, 6.45) is 1.33. The van der Waals surface area contributed by atoms with Crippen molar-refractivity contribution in [3.05, 3.63) is 23.4 Å². The van der Waals surface area contributed by atoms with Gasteiger partial charge < -0.3 is 10.4 Å². The maximum atomic E-state index is 11.8. The highest BCUT2D eigenvalue weighted by molar-refractivity contribution is 7.92. The number of aromatic carboxylic acids is 1. The molecule has 1 atom stereocenters. The number of nitrogens with zero attached hydrogens (tertiary/aromatic N) is 1. The van der Waals surface area contributed by atoms with Crippen molar-refractivity contribution in [2.24, 2.45) is 0 Å². The standard InChI is InChI=1S/C14H20N2O4S/c1-9(2)12-6-10(14(17)18)7-13(16-12)15-8-11-4-3-5-21(11,19)20/h6-7,9,11H,3-5,8H2,1-2H3,(H,15,16)(H,17,18). The first kappa shape index (κ1) is 15.8. The average molecular weight is 312 g/mol. The summed E-state index contributed by atoms with van der Waals surface area (Å²) in [6.45, 7) is 4.13. The molecule has 116 valence electrons. The first-order chi connectivity index (χ1) is 9.79. The smallest absolute Gasteiger partial charge is 0.335 e. The number of hydrogen-bond acceptors (Lipinski definition) is 5. The summed E-state index contributed by atoms with van der Waals surface area (Å²) in [5.74, 6) is -0.268. The zero-order valence-electron chi connectivity index (χ0n) is 12.2. The molecule has 1 aliphatic heterocycles. The van der Waals surface area contributed by atoms with Crippen LogP contribution in [0.2, 0.25) is 0 Å². The van der Waals surface area contributed by atoms with Gasteiger partial charge in [-0.15, -0.1) is 0 Å². The molecule has 0 saturated carbocycles. The Bertz CT molecular complexity index is 640. The van der Waals surface area contributed by atoms with Gasteiger partial charge in [-0.2, -0.15) is 0 Å². The van der Waals surface area contributed by atoms with Gasteiger partial charge in [-0.05, 0) is 30.9 Å². The van der Waals surface area contributed by atoms with Crippen molar-refractivity contribution in [3.8, 4) is 0 Å². The van der Waals surface area contributed by atoms with E-state index >= 15 is 0 Å². The summed E-state index contributed by atoms with van der Waals surface area (Å²) in [7, 11) is -3.02. The lowest BCUT2D eigenvalue weighted by Gasteiger charge is -2.14. The lowest BCUT2D eigenvalue weighted by molar-refractivity contribution is 0.0696. The Labute approximate surface area is 124 Å². The summed E-state index contributed by atoms with van der Waals surface area (Å²) in [5.41, 5.74) is 0.831. The summed E-state index contributed by atoms with van der Waals surface area (Å²) in [6, 6.07) is 2.99. The lowest BCUT2D eigenvalue weighted by Crippen LogP contribution is -2.25. The Morgan fingerprint density at radius 3 is 2.71 bits per heavy atom. The van der Waals surface area contributed by atoms with E-state index in [0.717, 1.165) is 0 Å². The zero-order valence-corrected chi connectivity index (χ0v) is 13.0. The van der Waals surface area contributed by atoms with E-state index in [1.807, 2.05) is 13.8 Å². The van der Waals surface area contributed by atoms with E-state index in [2.05, 4.69) is 10.3 Å². The molecule has 2 rings (SSSR count). The van der Waals surface area contributed by atoms with E-state index in [4.69, 9.17) is 5.11 Å². The quantitative estimate of drug-likeness (QED) is 0.862. The molecule has 2 N–H and O–H groups in total. The highest BCUT2D eigenvalue weighted by Gasteiger charge is 2.31. The second-order valence-electron chi connectivity index (χ2n) is 5.64. The second-order valence-corrected chi connectivity index (χ2v) is 8.04. The van der Waals surface area contributed by atoms with Gasteiger partial charge in [0, 0.05) is 12.2 Å². The first-order valence-electron chi connectivity index (χ1n) is 7.00. The van der Waals surface area contributed by atoms with Crippen LogP contribution >= 0.6 is 0 Å². The van der Waals surface area contributed by atoms with E-state index < -0.39 is 21.1 Å². The van der Waals surface area contributed by atoms with Crippen LogP contribution in [-0.4, -0.2) is 42.0 Å². The molecule has 0 amide bonds. The van der Waals surface area contributed by atoms with Crippen molar-refractivity contribution in [1.29, 1.82) is 0 Å². The number of aromatic nitrogens is 1. The minimum Gasteiger partial charge on any atom is -0.478 e. The van der Waals surface area contributed by atoms with Crippen molar-refractivity contribution < 1.29 is 18.3 Å². The van der Waals surface area contributed by atoms with Crippen LogP contribution in [0.3, 0.4) is 0 Å². The van der Waals surface area contributed by atoms with Crippen LogP contribution in [0.5, 0.6) is 0 Å². The molecule has 6 nitrogen and oxygen atoms in total. The van der Waals surface area contributed by atoms with Gasteiger partial charge in [0.05, 0.1) is 16.6 Å². The molecule has 0 aromatic carbocycles. The van der Waals surface area contributed by atoms with Crippen LogP contribution in [-0.2, 0) is 9.84 Å². The topological polar surface area (TPSA) is 96.4 Å². The lowest BCUT2D eigenvalue weighted by atomic mass is 10.1. The third-order valence-corrected chi connectivity index (χ3v) is 5.93. The van der Waals surface area contributed by atoms with Gasteiger partial charge in [-0.3, -0.25) is 0 Å². The fourth-order valence-electron chi connectivity index (χ4n) is 2.37. The molecule has 1 aliphatic rings. The fraction of sp³-hybridized carbons (Fsp3) is 0.571. The minimum absolute atomic E-state index is 0.0973. The molecule has 1 saturated heterocycles. The third-order valence-electron chi connectivity index (χ3n) is 3.66. The Morgan fingerprint density at radius 2 is 2.19 bits per heavy atom. The highest BCUT2D eigenvalue weighted by Crippen LogP contribution is 2.22. The Balaban J connectivity index is 2.17. The Morgan fingerprint density at radius 1 is 1.48 bits per heavy atom. The summed E-state index contributed by atoms with van der Waals surface area (Å²) in [5, 5.41) is 11.7. The van der Waals surface area contributed by atoms with Crippen LogP contribution in [0.4, 0.5) is 5.82 Å². The predicted octanol–water partition coefficient (Wildman–Crippen LogP) is 1.89. The van der Waals surface area contributed by atoms with Gasteiger partial charge in [-0.25, -0.2) is 18.2 Å². The van der Waals surface area contributed by atoms with Gasteiger partial charge in [-0.1, -0.05) is 13.8 Å². The molecule has 0 aliphatic carbocycles. The van der Waals surface area contributed by atoms with Crippen LogP contribution in [0.15, 0.2) is 12.1 Å². The molecule has 1 unspecified atom stereocenters. The van der Waals surface area contributed by atoms with Crippen LogP contribution in [0, 0.1) is 0 Å². The summed E-state index contributed by atoms with van der Waals surface area (Å²) in [4.78, 5) is 15.5. The van der Waals surface area contributed by atoms with E-state index in [0.29, 0.717) is 24.4 Å². The number of carboxylic acids is 1. The fourth-order valence-corrected chi connectivity index (χ4v) is 4.13. The van der Waals surface area contributed by atoms with Crippen molar-refractivity contribution in [3.63, 3.8) is 0 Å².